The topological polar surface area (TPSA) is 69.1 Å². The van der Waals surface area contributed by atoms with Crippen LogP contribution < -0.4 is 15.2 Å². The number of nitrogens with zero attached hydrogens (tertiary/aromatic N) is 2. The first-order valence-corrected chi connectivity index (χ1v) is 4.60. The smallest absolute Gasteiger partial charge is 0.347 e. The van der Waals surface area contributed by atoms with Crippen LogP contribution in [-0.2, 0) is 0 Å². The van der Waals surface area contributed by atoms with Gasteiger partial charge in [0.15, 0.2) is 0 Å². The van der Waals surface area contributed by atoms with E-state index in [0.29, 0.717) is 17.2 Å². The molecule has 2 rings (SSSR count). The third kappa shape index (κ3) is 1.65. The fraction of sp³-hybridized carbons (Fsp3) is 0.200. The second-order valence-electron chi connectivity index (χ2n) is 3.07. The number of aromatic nitrogens is 3. The highest BCUT2D eigenvalue weighted by Crippen LogP contribution is 2.26. The van der Waals surface area contributed by atoms with E-state index >= 15 is 0 Å². The van der Waals surface area contributed by atoms with Gasteiger partial charge in [-0.1, -0.05) is 0 Å². The molecule has 0 fully saturated rings. The highest BCUT2D eigenvalue weighted by Gasteiger charge is 2.09. The molecular formula is C10H11N3O3. The summed E-state index contributed by atoms with van der Waals surface area (Å²) in [5.74, 6) is 1.22. The Morgan fingerprint density at radius 3 is 2.69 bits per heavy atom. The lowest BCUT2D eigenvalue weighted by Crippen LogP contribution is -2.15. The average Bonchev–Trinajstić information content (AvgIpc) is 2.74. The van der Waals surface area contributed by atoms with Gasteiger partial charge in [0.25, 0.3) is 0 Å². The molecule has 1 heterocycles. The number of ether oxygens (including phenoxy) is 2. The maximum Gasteiger partial charge on any atom is 0.347 e. The van der Waals surface area contributed by atoms with Gasteiger partial charge in [0.2, 0.25) is 0 Å². The van der Waals surface area contributed by atoms with Crippen molar-refractivity contribution < 1.29 is 9.47 Å². The van der Waals surface area contributed by atoms with Crippen LogP contribution in [-0.4, -0.2) is 29.0 Å². The molecule has 1 aromatic heterocycles. The number of hydrogen-bond donors (Lipinski definition) is 1. The number of methoxy groups -OCH3 is 2. The van der Waals surface area contributed by atoms with E-state index < -0.39 is 0 Å². The molecule has 0 aliphatic carbocycles. The van der Waals surface area contributed by atoms with Crippen molar-refractivity contribution >= 4 is 0 Å². The Morgan fingerprint density at radius 1 is 1.31 bits per heavy atom. The van der Waals surface area contributed by atoms with E-state index in [1.165, 1.54) is 18.0 Å². The quantitative estimate of drug-likeness (QED) is 0.823. The lowest BCUT2D eigenvalue weighted by Gasteiger charge is -2.09. The second kappa shape index (κ2) is 4.09. The van der Waals surface area contributed by atoms with Gasteiger partial charge in [0.1, 0.15) is 17.8 Å². The van der Waals surface area contributed by atoms with Gasteiger partial charge < -0.3 is 9.47 Å². The van der Waals surface area contributed by atoms with Crippen molar-refractivity contribution in [3.05, 3.63) is 35.0 Å². The van der Waals surface area contributed by atoms with Crippen molar-refractivity contribution in [1.29, 1.82) is 0 Å². The van der Waals surface area contributed by atoms with Crippen LogP contribution in [0.1, 0.15) is 0 Å². The largest absolute Gasteiger partial charge is 0.497 e. The fourth-order valence-corrected chi connectivity index (χ4v) is 1.40. The predicted molar refractivity (Wildman–Crippen MR) is 57.3 cm³/mol. The van der Waals surface area contributed by atoms with Gasteiger partial charge in [0.05, 0.1) is 19.9 Å². The van der Waals surface area contributed by atoms with Gasteiger partial charge in [0, 0.05) is 6.07 Å². The molecular weight excluding hydrogens is 210 g/mol. The van der Waals surface area contributed by atoms with Crippen molar-refractivity contribution in [2.75, 3.05) is 14.2 Å². The third-order valence-electron chi connectivity index (χ3n) is 2.20. The molecule has 6 nitrogen and oxygen atoms in total. The lowest BCUT2D eigenvalue weighted by atomic mass is 10.2. The average molecular weight is 221 g/mol. The summed E-state index contributed by atoms with van der Waals surface area (Å²) in [6.07, 6.45) is 1.39. The Kier molecular flexibility index (Phi) is 2.63. The zero-order chi connectivity index (χ0) is 11.5. The summed E-state index contributed by atoms with van der Waals surface area (Å²) in [5, 5.41) is 5.98. The van der Waals surface area contributed by atoms with Gasteiger partial charge in [-0.25, -0.2) is 14.5 Å². The minimum absolute atomic E-state index is 0.327. The maximum absolute atomic E-state index is 11.4. The first-order chi connectivity index (χ1) is 7.76. The van der Waals surface area contributed by atoms with Gasteiger partial charge >= 0.3 is 5.69 Å². The Morgan fingerprint density at radius 2 is 2.12 bits per heavy atom. The van der Waals surface area contributed by atoms with Crippen LogP contribution in [0, 0.1) is 0 Å². The Balaban J connectivity index is 2.62. The molecule has 0 aliphatic heterocycles. The molecule has 84 valence electrons. The van der Waals surface area contributed by atoms with Gasteiger partial charge in [-0.3, -0.25) is 0 Å². The Bertz CT molecular complexity index is 544. The molecule has 6 heteroatoms. The molecule has 1 aromatic carbocycles. The molecule has 0 bridgehead atoms. The number of rotatable bonds is 3. The van der Waals surface area contributed by atoms with E-state index in [0.717, 1.165) is 0 Å². The predicted octanol–water partition coefficient (Wildman–Crippen LogP) is 0.578. The van der Waals surface area contributed by atoms with Gasteiger partial charge in [-0.2, -0.15) is 5.10 Å². The van der Waals surface area contributed by atoms with E-state index in [1.807, 2.05) is 0 Å². The van der Waals surface area contributed by atoms with E-state index in [9.17, 15) is 4.79 Å². The number of aromatic amines is 1. The fourth-order valence-electron chi connectivity index (χ4n) is 1.40. The van der Waals surface area contributed by atoms with Crippen molar-refractivity contribution in [3.63, 3.8) is 0 Å². The number of hydrogen-bond acceptors (Lipinski definition) is 4. The lowest BCUT2D eigenvalue weighted by molar-refractivity contribution is 0.401. The van der Waals surface area contributed by atoms with Gasteiger partial charge in [-0.15, -0.1) is 0 Å². The first kappa shape index (κ1) is 10.3. The van der Waals surface area contributed by atoms with E-state index in [1.54, 1.807) is 25.3 Å². The zero-order valence-corrected chi connectivity index (χ0v) is 8.93. The van der Waals surface area contributed by atoms with Crippen LogP contribution in [0.3, 0.4) is 0 Å². The Hall–Kier alpha value is -2.24. The van der Waals surface area contributed by atoms with E-state index in [-0.39, 0.29) is 5.69 Å². The SMILES string of the molecule is COc1ccc(OC)c(-n2cn[nH]c2=O)c1. The maximum atomic E-state index is 11.4. The van der Waals surface area contributed by atoms with E-state index in [2.05, 4.69) is 10.2 Å². The first-order valence-electron chi connectivity index (χ1n) is 4.60. The molecule has 1 N–H and O–H groups in total. The number of benzene rings is 1. The van der Waals surface area contributed by atoms with E-state index in [4.69, 9.17) is 9.47 Å². The van der Waals surface area contributed by atoms with Crippen molar-refractivity contribution in [2.45, 2.75) is 0 Å². The molecule has 2 aromatic rings. The molecule has 0 saturated carbocycles. The van der Waals surface area contributed by atoms with Gasteiger partial charge in [-0.05, 0) is 12.1 Å². The highest BCUT2D eigenvalue weighted by molar-refractivity contribution is 5.50. The molecule has 0 atom stereocenters. The molecule has 0 radical (unpaired) electrons. The summed E-state index contributed by atoms with van der Waals surface area (Å²) in [7, 11) is 3.10. The van der Waals surface area contributed by atoms with Crippen LogP contribution in [0.4, 0.5) is 0 Å². The standard InChI is InChI=1S/C10H11N3O3/c1-15-7-3-4-9(16-2)8(5-7)13-6-11-12-10(13)14/h3-6H,1-2H3,(H,12,14). The van der Waals surface area contributed by atoms with Crippen LogP contribution in [0.2, 0.25) is 0 Å². The molecule has 0 amide bonds. The highest BCUT2D eigenvalue weighted by atomic mass is 16.5. The van der Waals surface area contributed by atoms with Crippen LogP contribution >= 0.6 is 0 Å². The summed E-state index contributed by atoms with van der Waals surface area (Å²) in [6.45, 7) is 0. The molecule has 0 aliphatic rings. The minimum Gasteiger partial charge on any atom is -0.497 e. The molecule has 0 unspecified atom stereocenters. The number of H-pyrrole nitrogens is 1. The van der Waals surface area contributed by atoms with Crippen molar-refractivity contribution in [2.24, 2.45) is 0 Å². The molecule has 0 spiro atoms. The second-order valence-corrected chi connectivity index (χ2v) is 3.07. The Labute approximate surface area is 91.4 Å². The monoisotopic (exact) mass is 221 g/mol. The molecule has 0 saturated heterocycles. The van der Waals surface area contributed by atoms with Crippen LogP contribution in [0.25, 0.3) is 5.69 Å². The third-order valence-corrected chi connectivity index (χ3v) is 2.20. The van der Waals surface area contributed by atoms with Crippen LogP contribution in [0.5, 0.6) is 11.5 Å². The summed E-state index contributed by atoms with van der Waals surface area (Å²) in [5.41, 5.74) is 0.257. The normalized spacial score (nSPS) is 10.1. The summed E-state index contributed by atoms with van der Waals surface area (Å²) >= 11 is 0. The summed E-state index contributed by atoms with van der Waals surface area (Å²) < 4.78 is 11.6. The zero-order valence-electron chi connectivity index (χ0n) is 8.93. The number of nitrogens with one attached hydrogen (secondary N) is 1. The minimum atomic E-state index is -0.327. The summed E-state index contributed by atoms with van der Waals surface area (Å²) in [4.78, 5) is 11.4. The van der Waals surface area contributed by atoms with Crippen molar-refractivity contribution in [1.82, 2.24) is 14.8 Å². The van der Waals surface area contributed by atoms with Crippen molar-refractivity contribution in [3.8, 4) is 17.2 Å². The van der Waals surface area contributed by atoms with Crippen LogP contribution in [0.15, 0.2) is 29.3 Å². The molecule has 16 heavy (non-hydrogen) atoms. The summed E-state index contributed by atoms with van der Waals surface area (Å²) in [6, 6.07) is 5.19.